The smallest absolute Gasteiger partial charge is 0.338 e. The molecule has 0 unspecified atom stereocenters. The molecule has 0 amide bonds. The third kappa shape index (κ3) is 3.54. The van der Waals surface area contributed by atoms with Gasteiger partial charge in [0.15, 0.2) is 0 Å². The Kier molecular flexibility index (Phi) is 4.45. The Morgan fingerprint density at radius 3 is 2.52 bits per heavy atom. The average molecular weight is 344 g/mol. The highest BCUT2D eigenvalue weighted by atomic mass is 32.2. The van der Waals surface area contributed by atoms with Crippen LogP contribution in [0, 0.1) is 11.6 Å². The van der Waals surface area contributed by atoms with E-state index in [4.69, 9.17) is 9.84 Å². The minimum atomic E-state index is -4.26. The third-order valence-corrected chi connectivity index (χ3v) is 4.09. The molecule has 0 saturated heterocycles. The zero-order chi connectivity index (χ0) is 17.2. The maximum absolute atomic E-state index is 13.7. The molecule has 2 aromatic rings. The van der Waals surface area contributed by atoms with Crippen molar-refractivity contribution in [1.29, 1.82) is 0 Å². The van der Waals surface area contributed by atoms with Crippen LogP contribution in [0.15, 0.2) is 35.5 Å². The molecular formula is C13H10F2N2O5S. The minimum absolute atomic E-state index is 0.211. The Balaban J connectivity index is 2.47. The number of hydrogen-bond donors (Lipinski definition) is 2. The Morgan fingerprint density at radius 2 is 1.96 bits per heavy atom. The van der Waals surface area contributed by atoms with Crippen LogP contribution in [0.1, 0.15) is 10.4 Å². The maximum atomic E-state index is 13.7. The van der Waals surface area contributed by atoms with E-state index in [2.05, 4.69) is 4.98 Å². The fourth-order valence-corrected chi connectivity index (χ4v) is 2.74. The summed E-state index contributed by atoms with van der Waals surface area (Å²) >= 11 is 0. The van der Waals surface area contributed by atoms with Crippen LogP contribution in [0.4, 0.5) is 14.5 Å². The molecule has 1 aromatic heterocycles. The number of hydrogen-bond acceptors (Lipinski definition) is 5. The lowest BCUT2D eigenvalue weighted by Gasteiger charge is -2.13. The number of carboxylic acids is 1. The molecular weight excluding hydrogens is 334 g/mol. The zero-order valence-electron chi connectivity index (χ0n) is 11.6. The Morgan fingerprint density at radius 1 is 1.26 bits per heavy atom. The summed E-state index contributed by atoms with van der Waals surface area (Å²) in [6, 6.07) is 2.22. The second kappa shape index (κ2) is 6.16. The summed E-state index contributed by atoms with van der Waals surface area (Å²) in [5, 5.41) is 8.83. The first-order valence-electron chi connectivity index (χ1n) is 5.99. The lowest BCUT2D eigenvalue weighted by molar-refractivity contribution is 0.0691. The number of methoxy groups -OCH3 is 1. The molecule has 122 valence electrons. The van der Waals surface area contributed by atoms with Crippen LogP contribution in [-0.4, -0.2) is 31.6 Å². The topological polar surface area (TPSA) is 106 Å². The van der Waals surface area contributed by atoms with Crippen molar-refractivity contribution in [3.05, 3.63) is 47.8 Å². The molecule has 2 N–H and O–H groups in total. The largest absolute Gasteiger partial charge is 0.495 e. The summed E-state index contributed by atoms with van der Waals surface area (Å²) in [4.78, 5) is 13.8. The normalized spacial score (nSPS) is 11.1. The number of nitrogens with zero attached hydrogens (tertiary/aromatic N) is 1. The minimum Gasteiger partial charge on any atom is -0.495 e. The molecule has 0 aliphatic carbocycles. The number of benzene rings is 1. The fraction of sp³-hybridized carbons (Fsp3) is 0.0769. The number of ether oxygens (including phenoxy) is 1. The van der Waals surface area contributed by atoms with E-state index in [1.807, 2.05) is 4.72 Å². The molecule has 0 aliphatic rings. The number of rotatable bonds is 5. The summed E-state index contributed by atoms with van der Waals surface area (Å²) in [5.41, 5.74) is -1.02. The molecule has 0 bridgehead atoms. The monoisotopic (exact) mass is 344 g/mol. The highest BCUT2D eigenvalue weighted by molar-refractivity contribution is 7.92. The summed E-state index contributed by atoms with van der Waals surface area (Å²) in [6.45, 7) is 0. The van der Waals surface area contributed by atoms with Gasteiger partial charge in [-0.15, -0.1) is 0 Å². The summed E-state index contributed by atoms with van der Waals surface area (Å²) in [7, 11) is -3.11. The Hall–Kier alpha value is -2.75. The quantitative estimate of drug-likeness (QED) is 0.858. The van der Waals surface area contributed by atoms with Gasteiger partial charge in [-0.3, -0.25) is 9.71 Å². The van der Waals surface area contributed by atoms with Gasteiger partial charge in [0.25, 0.3) is 10.0 Å². The van der Waals surface area contributed by atoms with Crippen molar-refractivity contribution >= 4 is 21.7 Å². The predicted molar refractivity (Wildman–Crippen MR) is 74.9 cm³/mol. The van der Waals surface area contributed by atoms with Gasteiger partial charge in [-0.25, -0.2) is 22.0 Å². The van der Waals surface area contributed by atoms with E-state index < -0.39 is 38.1 Å². The molecule has 1 aromatic carbocycles. The van der Waals surface area contributed by atoms with Crippen molar-refractivity contribution in [3.63, 3.8) is 0 Å². The van der Waals surface area contributed by atoms with E-state index >= 15 is 0 Å². The van der Waals surface area contributed by atoms with Gasteiger partial charge < -0.3 is 9.84 Å². The highest BCUT2D eigenvalue weighted by Crippen LogP contribution is 2.30. The second-order valence-corrected chi connectivity index (χ2v) is 5.96. The predicted octanol–water partition coefficient (Wildman–Crippen LogP) is 1.87. The maximum Gasteiger partial charge on any atom is 0.338 e. The summed E-state index contributed by atoms with van der Waals surface area (Å²) in [5.74, 6) is -3.78. The van der Waals surface area contributed by atoms with Crippen molar-refractivity contribution in [2.45, 2.75) is 4.90 Å². The lowest BCUT2D eigenvalue weighted by Crippen LogP contribution is -2.15. The number of carboxylic acid groups (broad SMARTS) is 1. The lowest BCUT2D eigenvalue weighted by atomic mass is 10.2. The summed E-state index contributed by atoms with van der Waals surface area (Å²) in [6.07, 6.45) is 1.72. The first-order valence-corrected chi connectivity index (χ1v) is 7.47. The molecule has 0 saturated carbocycles. The standard InChI is InChI=1S/C13H10F2N2O5S/c1-22-12-3-9(13(18)19)10(15)4-11(12)17-23(20,21)8-2-7(14)5-16-6-8/h2-6,17H,1H3,(H,18,19). The molecule has 0 fully saturated rings. The van der Waals surface area contributed by atoms with Gasteiger partial charge in [0.2, 0.25) is 0 Å². The van der Waals surface area contributed by atoms with Crippen molar-refractivity contribution in [1.82, 2.24) is 4.98 Å². The number of anilines is 1. The van der Waals surface area contributed by atoms with Crippen LogP contribution < -0.4 is 9.46 Å². The molecule has 1 heterocycles. The Labute approximate surface area is 129 Å². The van der Waals surface area contributed by atoms with Gasteiger partial charge in [-0.2, -0.15) is 0 Å². The zero-order valence-corrected chi connectivity index (χ0v) is 12.4. The molecule has 0 aliphatic heterocycles. The van der Waals surface area contributed by atoms with E-state index in [1.54, 1.807) is 0 Å². The molecule has 10 heteroatoms. The average Bonchev–Trinajstić information content (AvgIpc) is 2.46. The molecule has 0 spiro atoms. The van der Waals surface area contributed by atoms with Gasteiger partial charge in [0, 0.05) is 12.3 Å². The molecule has 0 radical (unpaired) electrons. The highest BCUT2D eigenvalue weighted by Gasteiger charge is 2.21. The third-order valence-electron chi connectivity index (χ3n) is 2.75. The number of aromatic carboxylic acids is 1. The van der Waals surface area contributed by atoms with Crippen LogP contribution >= 0.6 is 0 Å². The van der Waals surface area contributed by atoms with E-state index in [9.17, 15) is 22.0 Å². The number of carbonyl (C=O) groups is 1. The van der Waals surface area contributed by atoms with E-state index in [0.29, 0.717) is 6.07 Å². The first kappa shape index (κ1) is 16.6. The molecule has 23 heavy (non-hydrogen) atoms. The number of halogens is 2. The van der Waals surface area contributed by atoms with Crippen molar-refractivity contribution in [2.24, 2.45) is 0 Å². The van der Waals surface area contributed by atoms with Crippen LogP contribution in [0.3, 0.4) is 0 Å². The van der Waals surface area contributed by atoms with Gasteiger partial charge >= 0.3 is 5.97 Å². The van der Waals surface area contributed by atoms with E-state index in [1.165, 1.54) is 0 Å². The van der Waals surface area contributed by atoms with Crippen LogP contribution in [0.2, 0.25) is 0 Å². The van der Waals surface area contributed by atoms with Gasteiger partial charge in [-0.05, 0) is 12.1 Å². The number of pyridine rings is 1. The summed E-state index contributed by atoms with van der Waals surface area (Å²) < 4.78 is 57.9. The van der Waals surface area contributed by atoms with Crippen molar-refractivity contribution < 1.29 is 31.8 Å². The van der Waals surface area contributed by atoms with Gasteiger partial charge in [0.1, 0.15) is 22.3 Å². The van der Waals surface area contributed by atoms with Crippen LogP contribution in [-0.2, 0) is 10.0 Å². The second-order valence-electron chi connectivity index (χ2n) is 4.28. The van der Waals surface area contributed by atoms with Crippen LogP contribution in [0.25, 0.3) is 0 Å². The fourth-order valence-electron chi connectivity index (χ4n) is 1.71. The van der Waals surface area contributed by atoms with Gasteiger partial charge in [0.05, 0.1) is 24.6 Å². The van der Waals surface area contributed by atoms with E-state index in [-0.39, 0.29) is 11.4 Å². The SMILES string of the molecule is COc1cc(C(=O)O)c(F)cc1NS(=O)(=O)c1cncc(F)c1. The molecule has 0 atom stereocenters. The number of aromatic nitrogens is 1. The first-order chi connectivity index (χ1) is 10.7. The van der Waals surface area contributed by atoms with Gasteiger partial charge in [-0.1, -0.05) is 0 Å². The van der Waals surface area contributed by atoms with Crippen LogP contribution in [0.5, 0.6) is 5.75 Å². The number of sulfonamides is 1. The van der Waals surface area contributed by atoms with Crippen molar-refractivity contribution in [2.75, 3.05) is 11.8 Å². The molecule has 7 nitrogen and oxygen atoms in total. The Bertz CT molecular complexity index is 871. The van der Waals surface area contributed by atoms with Crippen molar-refractivity contribution in [3.8, 4) is 5.75 Å². The number of nitrogens with one attached hydrogen (secondary N) is 1. The molecule has 2 rings (SSSR count). The van der Waals surface area contributed by atoms with E-state index in [0.717, 1.165) is 31.6 Å².